The third-order valence-corrected chi connectivity index (χ3v) is 4.04. The molecular weight excluding hydrogens is 308 g/mol. The van der Waals surface area contributed by atoms with E-state index in [1.807, 2.05) is 4.90 Å². The number of nitrogens with zero attached hydrogens (tertiary/aromatic N) is 4. The van der Waals surface area contributed by atoms with Crippen molar-refractivity contribution in [3.05, 3.63) is 39.4 Å². The number of carbonyl (C=O) groups is 1. The lowest BCUT2D eigenvalue weighted by molar-refractivity contribution is -0.384. The molecule has 0 atom stereocenters. The first kappa shape index (κ1) is 14.5. The number of nitro benzene ring substituents is 1. The predicted octanol–water partition coefficient (Wildman–Crippen LogP) is 2.07. The van der Waals surface area contributed by atoms with E-state index >= 15 is 0 Å². The van der Waals surface area contributed by atoms with Gasteiger partial charge >= 0.3 is 0 Å². The van der Waals surface area contributed by atoms with Crippen LogP contribution in [0.5, 0.6) is 0 Å². The van der Waals surface area contributed by atoms with Crippen LogP contribution in [0.4, 0.5) is 11.5 Å². The number of piperazine rings is 1. The largest absolute Gasteiger partial charge is 0.353 e. The lowest BCUT2D eigenvalue weighted by atomic mass is 10.2. The molecule has 114 valence electrons. The topological polar surface area (TPSA) is 79.6 Å². The quantitative estimate of drug-likeness (QED) is 0.491. The van der Waals surface area contributed by atoms with Crippen LogP contribution in [0.3, 0.4) is 0 Å². The molecule has 1 aliphatic heterocycles. The second kappa shape index (κ2) is 5.76. The normalized spacial score (nSPS) is 15.1. The number of hydrogen-bond acceptors (Lipinski definition) is 5. The summed E-state index contributed by atoms with van der Waals surface area (Å²) in [5.74, 6) is 0.719. The van der Waals surface area contributed by atoms with Crippen molar-refractivity contribution < 1.29 is 9.72 Å². The molecule has 0 N–H and O–H groups in total. The number of non-ortho nitro benzene ring substituents is 1. The summed E-state index contributed by atoms with van der Waals surface area (Å²) in [6.45, 7) is 2.64. The molecule has 0 spiro atoms. The molecule has 3 rings (SSSR count). The van der Waals surface area contributed by atoms with Crippen LogP contribution in [-0.2, 0) is 4.79 Å². The minimum Gasteiger partial charge on any atom is -0.353 e. The van der Waals surface area contributed by atoms with Gasteiger partial charge in [-0.25, -0.2) is 4.98 Å². The summed E-state index contributed by atoms with van der Waals surface area (Å²) in [4.78, 5) is 29.4. The number of anilines is 1. The van der Waals surface area contributed by atoms with Gasteiger partial charge < -0.3 is 9.80 Å². The van der Waals surface area contributed by atoms with E-state index in [0.29, 0.717) is 42.1 Å². The van der Waals surface area contributed by atoms with E-state index < -0.39 is 4.92 Å². The molecule has 8 heteroatoms. The van der Waals surface area contributed by atoms with Crippen LogP contribution in [0.25, 0.3) is 10.9 Å². The number of aromatic nitrogens is 1. The number of fused-ring (bicyclic) bond motifs is 1. The Morgan fingerprint density at radius 3 is 2.59 bits per heavy atom. The molecular formula is C14H13ClN4O3. The zero-order chi connectivity index (χ0) is 15.7. The highest BCUT2D eigenvalue weighted by atomic mass is 35.5. The van der Waals surface area contributed by atoms with Crippen LogP contribution in [0, 0.1) is 10.1 Å². The molecule has 2 heterocycles. The minimum absolute atomic E-state index is 0.0106. The summed E-state index contributed by atoms with van der Waals surface area (Å²) in [5, 5.41) is 11.8. The molecule has 0 bridgehead atoms. The van der Waals surface area contributed by atoms with Crippen molar-refractivity contribution in [3.8, 4) is 0 Å². The first-order chi connectivity index (χ1) is 10.6. The van der Waals surface area contributed by atoms with Gasteiger partial charge in [0, 0.05) is 43.7 Å². The average Bonchev–Trinajstić information content (AvgIpc) is 2.54. The Labute approximate surface area is 131 Å². The van der Waals surface area contributed by atoms with Crippen LogP contribution in [0.2, 0.25) is 5.02 Å². The number of hydrogen-bond donors (Lipinski definition) is 0. The zero-order valence-electron chi connectivity index (χ0n) is 11.6. The van der Waals surface area contributed by atoms with Gasteiger partial charge in [0.1, 0.15) is 5.82 Å². The third-order valence-electron chi connectivity index (χ3n) is 3.73. The number of nitro groups is 1. The SMILES string of the molecule is O=CN1CCN(c2cc(Cl)c3cc([N+](=O)[O-])ccc3n2)CC1. The number of amides is 1. The van der Waals surface area contributed by atoms with Crippen molar-refractivity contribution in [2.24, 2.45) is 0 Å². The highest BCUT2D eigenvalue weighted by Gasteiger charge is 2.18. The second-order valence-electron chi connectivity index (χ2n) is 5.05. The van der Waals surface area contributed by atoms with Gasteiger partial charge in [-0.1, -0.05) is 11.6 Å². The molecule has 1 aromatic carbocycles. The molecule has 1 aliphatic rings. The Morgan fingerprint density at radius 1 is 1.23 bits per heavy atom. The van der Waals surface area contributed by atoms with Gasteiger partial charge in [-0.05, 0) is 12.1 Å². The van der Waals surface area contributed by atoms with Gasteiger partial charge in [0.25, 0.3) is 5.69 Å². The molecule has 0 aliphatic carbocycles. The first-order valence-electron chi connectivity index (χ1n) is 6.77. The molecule has 1 saturated heterocycles. The Balaban J connectivity index is 1.94. The minimum atomic E-state index is -0.456. The van der Waals surface area contributed by atoms with E-state index in [1.165, 1.54) is 12.1 Å². The number of pyridine rings is 1. The number of halogens is 1. The van der Waals surface area contributed by atoms with Crippen molar-refractivity contribution in [2.45, 2.75) is 0 Å². The second-order valence-corrected chi connectivity index (χ2v) is 5.46. The van der Waals surface area contributed by atoms with Crippen LogP contribution >= 0.6 is 11.6 Å². The van der Waals surface area contributed by atoms with Gasteiger partial charge in [0.05, 0.1) is 15.5 Å². The maximum atomic E-state index is 10.8. The summed E-state index contributed by atoms with van der Waals surface area (Å²) in [7, 11) is 0. The smallest absolute Gasteiger partial charge is 0.270 e. The van der Waals surface area contributed by atoms with E-state index in [1.54, 1.807) is 17.0 Å². The van der Waals surface area contributed by atoms with Gasteiger partial charge in [-0.15, -0.1) is 0 Å². The molecule has 1 fully saturated rings. The Bertz CT molecular complexity index is 744. The van der Waals surface area contributed by atoms with E-state index in [-0.39, 0.29) is 5.69 Å². The molecule has 2 aromatic rings. The van der Waals surface area contributed by atoms with Gasteiger partial charge in [0.2, 0.25) is 6.41 Å². The molecule has 0 radical (unpaired) electrons. The molecule has 22 heavy (non-hydrogen) atoms. The number of rotatable bonds is 3. The van der Waals surface area contributed by atoms with Crippen LogP contribution in [0.15, 0.2) is 24.3 Å². The lowest BCUT2D eigenvalue weighted by Gasteiger charge is -2.33. The van der Waals surface area contributed by atoms with Gasteiger partial charge in [0.15, 0.2) is 0 Å². The van der Waals surface area contributed by atoms with Gasteiger partial charge in [-0.3, -0.25) is 14.9 Å². The Kier molecular flexibility index (Phi) is 3.81. The fraction of sp³-hybridized carbons (Fsp3) is 0.286. The molecule has 0 saturated carbocycles. The average molecular weight is 321 g/mol. The standard InChI is InChI=1S/C14H13ClN4O3/c15-12-8-14(18-5-3-17(9-20)4-6-18)16-13-2-1-10(19(21)22)7-11(12)13/h1-2,7-9H,3-6H2. The van der Waals surface area contributed by atoms with E-state index in [2.05, 4.69) is 4.98 Å². The molecule has 1 aromatic heterocycles. The van der Waals surface area contributed by atoms with E-state index in [4.69, 9.17) is 11.6 Å². The maximum absolute atomic E-state index is 10.8. The predicted molar refractivity (Wildman–Crippen MR) is 83.3 cm³/mol. The van der Waals surface area contributed by atoms with E-state index in [9.17, 15) is 14.9 Å². The van der Waals surface area contributed by atoms with Crippen LogP contribution in [-0.4, -0.2) is 47.4 Å². The maximum Gasteiger partial charge on any atom is 0.270 e. The number of carbonyl (C=O) groups excluding carboxylic acids is 1. The first-order valence-corrected chi connectivity index (χ1v) is 7.15. The fourth-order valence-corrected chi connectivity index (χ4v) is 2.74. The summed E-state index contributed by atoms with van der Waals surface area (Å²) >= 11 is 6.26. The summed E-state index contributed by atoms with van der Waals surface area (Å²) < 4.78 is 0. The van der Waals surface area contributed by atoms with E-state index in [0.717, 1.165) is 12.2 Å². The summed E-state index contributed by atoms with van der Waals surface area (Å²) in [6, 6.07) is 6.16. The van der Waals surface area contributed by atoms with Crippen molar-refractivity contribution in [1.82, 2.24) is 9.88 Å². The van der Waals surface area contributed by atoms with Crippen LogP contribution in [0.1, 0.15) is 0 Å². The molecule has 1 amide bonds. The van der Waals surface area contributed by atoms with Crippen molar-refractivity contribution >= 4 is 40.4 Å². The van der Waals surface area contributed by atoms with Crippen molar-refractivity contribution in [2.75, 3.05) is 31.1 Å². The number of benzene rings is 1. The Morgan fingerprint density at radius 2 is 1.95 bits per heavy atom. The highest BCUT2D eigenvalue weighted by molar-refractivity contribution is 6.35. The molecule has 0 unspecified atom stereocenters. The lowest BCUT2D eigenvalue weighted by Crippen LogP contribution is -2.46. The monoisotopic (exact) mass is 320 g/mol. The van der Waals surface area contributed by atoms with Crippen molar-refractivity contribution in [3.63, 3.8) is 0 Å². The summed E-state index contributed by atoms with van der Waals surface area (Å²) in [5.41, 5.74) is 0.606. The molecule has 7 nitrogen and oxygen atoms in total. The zero-order valence-corrected chi connectivity index (χ0v) is 12.4. The van der Waals surface area contributed by atoms with Crippen molar-refractivity contribution in [1.29, 1.82) is 0 Å². The van der Waals surface area contributed by atoms with Gasteiger partial charge in [-0.2, -0.15) is 0 Å². The highest BCUT2D eigenvalue weighted by Crippen LogP contribution is 2.30. The van der Waals surface area contributed by atoms with Crippen LogP contribution < -0.4 is 4.90 Å². The fourth-order valence-electron chi connectivity index (χ4n) is 2.49. The summed E-state index contributed by atoms with van der Waals surface area (Å²) in [6.07, 6.45) is 0.845. The Hall–Kier alpha value is -2.41. The third kappa shape index (κ3) is 2.67.